The summed E-state index contributed by atoms with van der Waals surface area (Å²) in [5.74, 6) is -0.732. The molecule has 1 unspecified atom stereocenters. The predicted octanol–water partition coefficient (Wildman–Crippen LogP) is 4.32. The average Bonchev–Trinajstić information content (AvgIpc) is 3.67. The van der Waals surface area contributed by atoms with Crippen LogP contribution in [0.5, 0.6) is 17.2 Å². The van der Waals surface area contributed by atoms with Gasteiger partial charge in [-0.15, -0.1) is 0 Å². The molecule has 3 heterocycles. The fourth-order valence-electron chi connectivity index (χ4n) is 4.79. The Balaban J connectivity index is 1.58. The molecule has 0 bridgehead atoms. The molecule has 0 saturated heterocycles. The van der Waals surface area contributed by atoms with Crippen LogP contribution in [0.15, 0.2) is 76.9 Å². The Morgan fingerprint density at radius 3 is 2.42 bits per heavy atom. The van der Waals surface area contributed by atoms with Gasteiger partial charge in [0, 0.05) is 30.9 Å². The Kier molecular flexibility index (Phi) is 6.78. The molecule has 10 nitrogen and oxygen atoms in total. The van der Waals surface area contributed by atoms with Gasteiger partial charge in [0.25, 0.3) is 5.91 Å². The Hall–Kier alpha value is -4.73. The summed E-state index contributed by atoms with van der Waals surface area (Å²) in [5.41, 5.74) is 0.965. The van der Waals surface area contributed by atoms with Crippen molar-refractivity contribution >= 4 is 22.7 Å². The maximum Gasteiger partial charge on any atom is 0.290 e. The normalized spacial score (nSPS) is 15.4. The lowest BCUT2D eigenvalue weighted by Crippen LogP contribution is -2.32. The van der Waals surface area contributed by atoms with Crippen molar-refractivity contribution in [2.45, 2.75) is 19.0 Å². The average molecular weight is 518 g/mol. The fraction of sp³-hybridized carbons (Fsp3) is 0.250. The lowest BCUT2D eigenvalue weighted by atomic mass is 9.94. The van der Waals surface area contributed by atoms with Gasteiger partial charge >= 0.3 is 0 Å². The van der Waals surface area contributed by atoms with Crippen molar-refractivity contribution in [3.05, 3.63) is 83.8 Å². The summed E-state index contributed by atoms with van der Waals surface area (Å²) in [6, 6.07) is 11.2. The Morgan fingerprint density at radius 2 is 1.79 bits per heavy atom. The van der Waals surface area contributed by atoms with Gasteiger partial charge in [0.1, 0.15) is 5.58 Å². The number of methoxy groups -OCH3 is 3. The van der Waals surface area contributed by atoms with E-state index in [2.05, 4.69) is 4.98 Å². The first kappa shape index (κ1) is 24.9. The number of carbonyl (C=O) groups excluding carboxylic acids is 2. The largest absolute Gasteiger partial charge is 0.503 e. The number of Topliss-reactive ketones (excluding diaryl/α,β-unsaturated/α-hetero) is 1. The van der Waals surface area contributed by atoms with Crippen molar-refractivity contribution in [2.75, 3.05) is 27.9 Å². The number of imidazole rings is 1. The third-order valence-corrected chi connectivity index (χ3v) is 6.57. The van der Waals surface area contributed by atoms with Crippen LogP contribution in [0.3, 0.4) is 0 Å². The minimum absolute atomic E-state index is 0.0262. The number of ketones is 1. The maximum absolute atomic E-state index is 13.8. The number of rotatable bonds is 10. The Morgan fingerprint density at radius 1 is 1.05 bits per heavy atom. The number of fused-ring (bicyclic) bond motifs is 1. The van der Waals surface area contributed by atoms with Gasteiger partial charge in [-0.05, 0) is 36.2 Å². The van der Waals surface area contributed by atoms with Gasteiger partial charge in [-0.2, -0.15) is 0 Å². The zero-order valence-corrected chi connectivity index (χ0v) is 21.2. The van der Waals surface area contributed by atoms with Gasteiger partial charge < -0.3 is 33.2 Å². The van der Waals surface area contributed by atoms with Gasteiger partial charge in [0.2, 0.25) is 11.5 Å². The molecule has 10 heteroatoms. The molecule has 0 radical (unpaired) electrons. The van der Waals surface area contributed by atoms with Crippen molar-refractivity contribution in [1.82, 2.24) is 14.5 Å². The van der Waals surface area contributed by atoms with E-state index in [1.807, 2.05) is 22.9 Å². The van der Waals surface area contributed by atoms with Gasteiger partial charge in [-0.3, -0.25) is 9.59 Å². The lowest BCUT2D eigenvalue weighted by molar-refractivity contribution is -0.129. The highest BCUT2D eigenvalue weighted by Crippen LogP contribution is 2.45. The number of hydrogen-bond donors (Lipinski definition) is 1. The number of aromatic nitrogens is 2. The van der Waals surface area contributed by atoms with Gasteiger partial charge in [-0.1, -0.05) is 18.2 Å². The molecule has 0 fully saturated rings. The van der Waals surface area contributed by atoms with Crippen molar-refractivity contribution < 1.29 is 33.3 Å². The first-order valence-corrected chi connectivity index (χ1v) is 12.0. The number of carbonyl (C=O) groups is 2. The van der Waals surface area contributed by atoms with Crippen molar-refractivity contribution in [1.29, 1.82) is 0 Å². The van der Waals surface area contributed by atoms with Crippen LogP contribution in [0.2, 0.25) is 0 Å². The molecule has 1 aliphatic rings. The molecular weight excluding hydrogens is 490 g/mol. The molecule has 4 aromatic rings. The number of aliphatic hydroxyl groups excluding tert-OH is 1. The maximum atomic E-state index is 13.8. The van der Waals surface area contributed by atoms with Crippen LogP contribution in [0.25, 0.3) is 11.0 Å². The number of amides is 1. The minimum Gasteiger partial charge on any atom is -0.503 e. The molecule has 1 atom stereocenters. The summed E-state index contributed by atoms with van der Waals surface area (Å²) in [4.78, 5) is 32.7. The van der Waals surface area contributed by atoms with E-state index in [0.717, 1.165) is 5.39 Å². The fourth-order valence-corrected chi connectivity index (χ4v) is 4.79. The first-order valence-electron chi connectivity index (χ1n) is 12.0. The third kappa shape index (κ3) is 4.34. The van der Waals surface area contributed by atoms with Gasteiger partial charge in [0.15, 0.2) is 23.0 Å². The highest BCUT2D eigenvalue weighted by molar-refractivity contribution is 6.16. The van der Waals surface area contributed by atoms with E-state index in [-0.39, 0.29) is 17.9 Å². The van der Waals surface area contributed by atoms with Crippen LogP contribution in [0, 0.1) is 0 Å². The monoisotopic (exact) mass is 517 g/mol. The lowest BCUT2D eigenvalue weighted by Gasteiger charge is -2.27. The van der Waals surface area contributed by atoms with Crippen molar-refractivity contribution in [3.8, 4) is 17.2 Å². The summed E-state index contributed by atoms with van der Waals surface area (Å²) in [7, 11) is 4.46. The SMILES string of the molecule is COc1cc(C2C(C(=O)c3cc4ccccc4o3)=C(O)C(=O)N2CCCn2ccnc2)cc(OC)c1OC. The summed E-state index contributed by atoms with van der Waals surface area (Å²) >= 11 is 0. The molecule has 5 rings (SSSR count). The molecule has 38 heavy (non-hydrogen) atoms. The van der Waals surface area contributed by atoms with E-state index in [9.17, 15) is 14.7 Å². The molecule has 2 aromatic heterocycles. The molecule has 0 spiro atoms. The van der Waals surface area contributed by atoms with E-state index in [0.29, 0.717) is 41.4 Å². The molecule has 0 saturated carbocycles. The number of nitrogens with zero attached hydrogens (tertiary/aromatic N) is 3. The van der Waals surface area contributed by atoms with Crippen LogP contribution < -0.4 is 14.2 Å². The molecule has 1 aliphatic heterocycles. The number of aliphatic hydroxyl groups is 1. The molecule has 1 N–H and O–H groups in total. The third-order valence-electron chi connectivity index (χ3n) is 6.57. The second-order valence-corrected chi connectivity index (χ2v) is 8.75. The summed E-state index contributed by atoms with van der Waals surface area (Å²) in [5, 5.41) is 11.8. The predicted molar refractivity (Wildman–Crippen MR) is 138 cm³/mol. The number of furan rings is 1. The second kappa shape index (κ2) is 10.3. The number of aryl methyl sites for hydroxylation is 1. The molecule has 0 aliphatic carbocycles. The van der Waals surface area contributed by atoms with Crippen LogP contribution >= 0.6 is 0 Å². The molecular formula is C28H27N3O7. The smallest absolute Gasteiger partial charge is 0.290 e. The van der Waals surface area contributed by atoms with E-state index in [1.165, 1.54) is 26.2 Å². The van der Waals surface area contributed by atoms with E-state index in [4.69, 9.17) is 18.6 Å². The summed E-state index contributed by atoms with van der Waals surface area (Å²) in [6.07, 6.45) is 5.75. The summed E-state index contributed by atoms with van der Waals surface area (Å²) < 4.78 is 24.2. The van der Waals surface area contributed by atoms with Crippen LogP contribution in [-0.4, -0.2) is 59.1 Å². The van der Waals surface area contributed by atoms with E-state index in [1.54, 1.807) is 42.9 Å². The molecule has 1 amide bonds. The number of ether oxygens (including phenoxy) is 3. The van der Waals surface area contributed by atoms with Crippen LogP contribution in [0.1, 0.15) is 28.6 Å². The quantitative estimate of drug-likeness (QED) is 0.309. The van der Waals surface area contributed by atoms with Crippen LogP contribution in [-0.2, 0) is 11.3 Å². The highest BCUT2D eigenvalue weighted by atomic mass is 16.5. The zero-order valence-electron chi connectivity index (χ0n) is 21.2. The molecule has 2 aromatic carbocycles. The second-order valence-electron chi connectivity index (χ2n) is 8.75. The number of benzene rings is 2. The van der Waals surface area contributed by atoms with Crippen LogP contribution in [0.4, 0.5) is 0 Å². The number of hydrogen-bond acceptors (Lipinski definition) is 8. The van der Waals surface area contributed by atoms with Gasteiger partial charge in [-0.25, -0.2) is 4.98 Å². The highest BCUT2D eigenvalue weighted by Gasteiger charge is 2.45. The first-order chi connectivity index (χ1) is 18.5. The van der Waals surface area contributed by atoms with Crippen molar-refractivity contribution in [2.24, 2.45) is 0 Å². The zero-order chi connectivity index (χ0) is 26.8. The standard InChI is InChI=1S/C28H27N3O7/c1-35-21-14-18(15-22(36-2)27(21)37-3)24-23(25(32)20-13-17-7-4-5-8-19(17)38-20)26(33)28(34)31(24)11-6-10-30-12-9-29-16-30/h4-5,7-9,12-16,24,33H,6,10-11H2,1-3H3. The van der Waals surface area contributed by atoms with Crippen molar-refractivity contribution in [3.63, 3.8) is 0 Å². The molecule has 196 valence electrons. The Labute approximate surface area is 218 Å². The van der Waals surface area contributed by atoms with E-state index >= 15 is 0 Å². The minimum atomic E-state index is -0.917. The summed E-state index contributed by atoms with van der Waals surface area (Å²) in [6.45, 7) is 0.860. The number of para-hydroxylation sites is 1. The van der Waals surface area contributed by atoms with E-state index < -0.39 is 23.5 Å². The Bertz CT molecular complexity index is 1460. The van der Waals surface area contributed by atoms with Gasteiger partial charge in [0.05, 0.1) is 39.3 Å². The topological polar surface area (TPSA) is 116 Å².